The van der Waals surface area contributed by atoms with Gasteiger partial charge in [0.1, 0.15) is 0 Å². The Bertz CT molecular complexity index is 689. The average molecular weight is 301 g/mol. The molecule has 3 rings (SSSR count). The first-order valence-corrected chi connectivity index (χ1v) is 7.49. The number of rotatable bonds is 4. The van der Waals surface area contributed by atoms with Crippen LogP contribution < -0.4 is 5.32 Å². The van der Waals surface area contributed by atoms with Crippen molar-refractivity contribution in [3.05, 3.63) is 40.7 Å². The van der Waals surface area contributed by atoms with E-state index in [1.807, 2.05) is 6.07 Å². The Morgan fingerprint density at radius 1 is 1.32 bits per heavy atom. The van der Waals surface area contributed by atoms with Crippen LogP contribution in [-0.4, -0.2) is 29.2 Å². The number of hydrogen-bond donors (Lipinski definition) is 1. The SMILES string of the molecule is COC1CCCC(Nc2ccc([N+](=O)[O-])c3cnccc23)C1. The van der Waals surface area contributed by atoms with Gasteiger partial charge < -0.3 is 10.1 Å². The fraction of sp³-hybridized carbons (Fsp3) is 0.438. The van der Waals surface area contributed by atoms with Crippen molar-refractivity contribution in [2.24, 2.45) is 0 Å². The van der Waals surface area contributed by atoms with E-state index in [9.17, 15) is 10.1 Å². The molecule has 1 aromatic carbocycles. The summed E-state index contributed by atoms with van der Waals surface area (Å²) in [5.74, 6) is 0. The number of fused-ring (bicyclic) bond motifs is 1. The predicted octanol–water partition coefficient (Wildman–Crippen LogP) is 3.51. The summed E-state index contributed by atoms with van der Waals surface area (Å²) in [5.41, 5.74) is 1.01. The third-order valence-electron chi connectivity index (χ3n) is 4.31. The molecular weight excluding hydrogens is 282 g/mol. The Morgan fingerprint density at radius 2 is 2.18 bits per heavy atom. The molecule has 1 aliphatic carbocycles. The van der Waals surface area contributed by atoms with Crippen molar-refractivity contribution in [2.45, 2.75) is 37.8 Å². The molecule has 0 amide bonds. The highest BCUT2D eigenvalue weighted by molar-refractivity contribution is 5.99. The molecule has 0 spiro atoms. The number of benzene rings is 1. The molecule has 0 radical (unpaired) electrons. The van der Waals surface area contributed by atoms with Crippen molar-refractivity contribution in [1.29, 1.82) is 0 Å². The van der Waals surface area contributed by atoms with Gasteiger partial charge in [-0.2, -0.15) is 0 Å². The highest BCUT2D eigenvalue weighted by Gasteiger charge is 2.23. The molecule has 1 saturated carbocycles. The first-order chi connectivity index (χ1) is 10.7. The van der Waals surface area contributed by atoms with Crippen molar-refractivity contribution in [2.75, 3.05) is 12.4 Å². The number of nitro benzene ring substituents is 1. The molecule has 1 aromatic heterocycles. The lowest BCUT2D eigenvalue weighted by Crippen LogP contribution is -2.31. The van der Waals surface area contributed by atoms with Crippen molar-refractivity contribution < 1.29 is 9.66 Å². The zero-order valence-electron chi connectivity index (χ0n) is 12.5. The Morgan fingerprint density at radius 3 is 2.95 bits per heavy atom. The molecule has 6 heteroatoms. The third-order valence-corrected chi connectivity index (χ3v) is 4.31. The van der Waals surface area contributed by atoms with Gasteiger partial charge in [0.15, 0.2) is 0 Å². The molecule has 0 aliphatic heterocycles. The van der Waals surface area contributed by atoms with Crippen LogP contribution in [0.1, 0.15) is 25.7 Å². The molecule has 1 fully saturated rings. The molecule has 116 valence electrons. The molecule has 0 bridgehead atoms. The number of ether oxygens (including phenoxy) is 1. The number of pyridine rings is 1. The highest BCUT2D eigenvalue weighted by atomic mass is 16.6. The number of non-ortho nitro benzene ring substituents is 1. The summed E-state index contributed by atoms with van der Waals surface area (Å²) in [4.78, 5) is 14.8. The fourth-order valence-electron chi connectivity index (χ4n) is 3.17. The smallest absolute Gasteiger partial charge is 0.278 e. The normalized spacial score (nSPS) is 21.7. The lowest BCUT2D eigenvalue weighted by Gasteiger charge is -2.29. The number of anilines is 1. The van der Waals surface area contributed by atoms with Crippen LogP contribution in [0.15, 0.2) is 30.6 Å². The standard InChI is InChI=1S/C16H19N3O3/c1-22-12-4-2-3-11(9-12)18-15-5-6-16(19(20)21)14-10-17-8-7-13(14)15/h5-8,10-12,18H,2-4,9H2,1H3. The van der Waals surface area contributed by atoms with Crippen LogP contribution in [-0.2, 0) is 4.74 Å². The van der Waals surface area contributed by atoms with Gasteiger partial charge in [0, 0.05) is 42.7 Å². The number of nitro groups is 1. The minimum atomic E-state index is -0.366. The summed E-state index contributed by atoms with van der Waals surface area (Å²) in [5, 5.41) is 16.1. The van der Waals surface area contributed by atoms with Crippen molar-refractivity contribution in [3.8, 4) is 0 Å². The van der Waals surface area contributed by atoms with Gasteiger partial charge in [0.25, 0.3) is 5.69 Å². The van der Waals surface area contributed by atoms with Crippen LogP contribution in [0, 0.1) is 10.1 Å². The molecule has 1 N–H and O–H groups in total. The van der Waals surface area contributed by atoms with E-state index in [0.717, 1.165) is 36.8 Å². The monoisotopic (exact) mass is 301 g/mol. The second-order valence-electron chi connectivity index (χ2n) is 5.68. The van der Waals surface area contributed by atoms with Crippen LogP contribution in [0.2, 0.25) is 0 Å². The van der Waals surface area contributed by atoms with Crippen molar-refractivity contribution in [1.82, 2.24) is 4.98 Å². The second kappa shape index (κ2) is 6.27. The van der Waals surface area contributed by atoms with Gasteiger partial charge in [-0.25, -0.2) is 0 Å². The highest BCUT2D eigenvalue weighted by Crippen LogP contribution is 2.32. The molecule has 2 unspecified atom stereocenters. The fourth-order valence-corrected chi connectivity index (χ4v) is 3.17. The minimum absolute atomic E-state index is 0.0899. The van der Waals surface area contributed by atoms with Gasteiger partial charge >= 0.3 is 0 Å². The van der Waals surface area contributed by atoms with E-state index in [1.165, 1.54) is 0 Å². The number of nitrogens with zero attached hydrogens (tertiary/aromatic N) is 2. The van der Waals surface area contributed by atoms with Gasteiger partial charge in [-0.15, -0.1) is 0 Å². The maximum atomic E-state index is 11.1. The largest absolute Gasteiger partial charge is 0.382 e. The lowest BCUT2D eigenvalue weighted by molar-refractivity contribution is -0.383. The van der Waals surface area contributed by atoms with E-state index in [-0.39, 0.29) is 16.7 Å². The van der Waals surface area contributed by atoms with Crippen LogP contribution >= 0.6 is 0 Å². The average Bonchev–Trinajstić information content (AvgIpc) is 2.55. The van der Waals surface area contributed by atoms with E-state index in [0.29, 0.717) is 11.4 Å². The number of nitrogens with one attached hydrogen (secondary N) is 1. The topological polar surface area (TPSA) is 77.3 Å². The van der Waals surface area contributed by atoms with Gasteiger partial charge in [-0.05, 0) is 37.8 Å². The second-order valence-corrected chi connectivity index (χ2v) is 5.68. The van der Waals surface area contributed by atoms with E-state index >= 15 is 0 Å². The molecular formula is C16H19N3O3. The van der Waals surface area contributed by atoms with E-state index in [4.69, 9.17) is 4.74 Å². The van der Waals surface area contributed by atoms with Gasteiger partial charge in [-0.1, -0.05) is 0 Å². The van der Waals surface area contributed by atoms with Crippen LogP contribution in [0.5, 0.6) is 0 Å². The molecule has 0 saturated heterocycles. The molecule has 1 heterocycles. The molecule has 6 nitrogen and oxygen atoms in total. The van der Waals surface area contributed by atoms with Gasteiger partial charge in [0.2, 0.25) is 0 Å². The summed E-state index contributed by atoms with van der Waals surface area (Å²) >= 11 is 0. The molecule has 2 aromatic rings. The van der Waals surface area contributed by atoms with E-state index in [2.05, 4.69) is 10.3 Å². The summed E-state index contributed by atoms with van der Waals surface area (Å²) in [6.45, 7) is 0. The minimum Gasteiger partial charge on any atom is -0.382 e. The maximum absolute atomic E-state index is 11.1. The molecule has 1 aliphatic rings. The van der Waals surface area contributed by atoms with Crippen LogP contribution in [0.3, 0.4) is 0 Å². The number of hydrogen-bond acceptors (Lipinski definition) is 5. The van der Waals surface area contributed by atoms with Gasteiger partial charge in [-0.3, -0.25) is 15.1 Å². The quantitative estimate of drug-likeness (QED) is 0.690. The number of aromatic nitrogens is 1. The summed E-state index contributed by atoms with van der Waals surface area (Å²) in [7, 11) is 1.75. The van der Waals surface area contributed by atoms with E-state index < -0.39 is 0 Å². The van der Waals surface area contributed by atoms with Crippen LogP contribution in [0.25, 0.3) is 10.8 Å². The Kier molecular flexibility index (Phi) is 4.20. The Labute approximate surface area is 128 Å². The van der Waals surface area contributed by atoms with E-state index in [1.54, 1.807) is 31.6 Å². The first-order valence-electron chi connectivity index (χ1n) is 7.49. The summed E-state index contributed by atoms with van der Waals surface area (Å²) in [6, 6.07) is 5.48. The third kappa shape index (κ3) is 2.87. The zero-order valence-corrected chi connectivity index (χ0v) is 12.5. The summed E-state index contributed by atoms with van der Waals surface area (Å²) in [6.07, 6.45) is 7.77. The van der Waals surface area contributed by atoms with Gasteiger partial charge in [0.05, 0.1) is 16.4 Å². The van der Waals surface area contributed by atoms with Crippen molar-refractivity contribution >= 4 is 22.1 Å². The Hall–Kier alpha value is -2.21. The van der Waals surface area contributed by atoms with Crippen LogP contribution in [0.4, 0.5) is 11.4 Å². The first kappa shape index (κ1) is 14.7. The number of methoxy groups -OCH3 is 1. The maximum Gasteiger partial charge on any atom is 0.278 e. The summed E-state index contributed by atoms with van der Waals surface area (Å²) < 4.78 is 5.46. The predicted molar refractivity (Wildman–Crippen MR) is 85.1 cm³/mol. The molecule has 22 heavy (non-hydrogen) atoms. The zero-order chi connectivity index (χ0) is 15.5. The lowest BCUT2D eigenvalue weighted by atomic mass is 9.92. The Balaban J connectivity index is 1.91. The van der Waals surface area contributed by atoms with Crippen molar-refractivity contribution in [3.63, 3.8) is 0 Å². The molecule has 2 atom stereocenters.